The van der Waals surface area contributed by atoms with Gasteiger partial charge in [-0.3, -0.25) is 4.79 Å². The summed E-state index contributed by atoms with van der Waals surface area (Å²) in [6, 6.07) is 19.1. The SMILES string of the molecule is Cc1cc(C)c(S(=O)(=O)N(CC(=O)NCc2ccc(S(=O)(=O)N3CCOCC3)cc2)Cc2ccccc2)c(C)c1. The smallest absolute Gasteiger partial charge is 0.244 e. The van der Waals surface area contributed by atoms with Gasteiger partial charge in [-0.25, -0.2) is 16.8 Å². The number of rotatable bonds is 10. The summed E-state index contributed by atoms with van der Waals surface area (Å²) in [5.74, 6) is -0.466. The molecule has 1 aliphatic rings. The van der Waals surface area contributed by atoms with Crippen molar-refractivity contribution in [2.45, 2.75) is 43.7 Å². The molecule has 0 atom stereocenters. The van der Waals surface area contributed by atoms with Crippen LogP contribution in [0.5, 0.6) is 0 Å². The van der Waals surface area contributed by atoms with E-state index < -0.39 is 26.0 Å². The normalized spacial score (nSPS) is 14.8. The molecule has 4 rings (SSSR count). The molecule has 214 valence electrons. The van der Waals surface area contributed by atoms with Gasteiger partial charge in [-0.2, -0.15) is 8.61 Å². The molecule has 0 saturated carbocycles. The van der Waals surface area contributed by atoms with Gasteiger partial charge in [0.1, 0.15) is 0 Å². The van der Waals surface area contributed by atoms with Crippen LogP contribution < -0.4 is 5.32 Å². The third-order valence-corrected chi connectivity index (χ3v) is 10.8. The fourth-order valence-electron chi connectivity index (χ4n) is 4.85. The summed E-state index contributed by atoms with van der Waals surface area (Å²) in [4.78, 5) is 13.4. The first-order chi connectivity index (χ1) is 19.0. The van der Waals surface area contributed by atoms with E-state index in [1.807, 2.05) is 49.4 Å². The number of hydrogen-bond donors (Lipinski definition) is 1. The van der Waals surface area contributed by atoms with Gasteiger partial charge in [0, 0.05) is 26.2 Å². The van der Waals surface area contributed by atoms with Crippen molar-refractivity contribution in [1.82, 2.24) is 13.9 Å². The number of aryl methyl sites for hydroxylation is 3. The van der Waals surface area contributed by atoms with Gasteiger partial charge in [0.2, 0.25) is 26.0 Å². The molecule has 3 aromatic rings. The molecule has 40 heavy (non-hydrogen) atoms. The standard InChI is InChI=1S/C29H35N3O6S2/c1-22-17-23(2)29(24(3)18-22)40(36,37)32(20-26-7-5-4-6-8-26)21-28(33)30-19-25-9-11-27(12-10-25)39(34,35)31-13-15-38-16-14-31/h4-12,17-18H,13-16,19-21H2,1-3H3,(H,30,33). The molecule has 1 heterocycles. The van der Waals surface area contributed by atoms with Crippen LogP contribution in [-0.4, -0.2) is 64.2 Å². The zero-order chi connectivity index (χ0) is 28.9. The van der Waals surface area contributed by atoms with Crippen LogP contribution in [0.1, 0.15) is 27.8 Å². The molecule has 1 N–H and O–H groups in total. The topological polar surface area (TPSA) is 113 Å². The van der Waals surface area contributed by atoms with Crippen LogP contribution >= 0.6 is 0 Å². The summed E-state index contributed by atoms with van der Waals surface area (Å²) >= 11 is 0. The number of amides is 1. The zero-order valence-electron chi connectivity index (χ0n) is 23.0. The van der Waals surface area contributed by atoms with E-state index in [4.69, 9.17) is 4.74 Å². The first-order valence-electron chi connectivity index (χ1n) is 13.0. The van der Waals surface area contributed by atoms with Crippen LogP contribution in [0.25, 0.3) is 0 Å². The molecule has 0 spiro atoms. The molecule has 3 aromatic carbocycles. The lowest BCUT2D eigenvalue weighted by Crippen LogP contribution is -2.40. The van der Waals surface area contributed by atoms with Gasteiger partial charge in [-0.1, -0.05) is 60.2 Å². The quantitative estimate of drug-likeness (QED) is 0.391. The number of nitrogens with zero attached hydrogens (tertiary/aromatic N) is 2. The van der Waals surface area contributed by atoms with Crippen molar-refractivity contribution in [2.75, 3.05) is 32.8 Å². The second kappa shape index (κ2) is 12.6. The van der Waals surface area contributed by atoms with E-state index in [0.717, 1.165) is 11.1 Å². The summed E-state index contributed by atoms with van der Waals surface area (Å²) in [6.45, 7) is 6.58. The molecule has 1 aliphatic heterocycles. The number of ether oxygens (including phenoxy) is 1. The maximum atomic E-state index is 13.8. The molecular formula is C29H35N3O6S2. The van der Waals surface area contributed by atoms with Crippen molar-refractivity contribution in [3.05, 3.63) is 94.5 Å². The summed E-state index contributed by atoms with van der Waals surface area (Å²) in [7, 11) is -7.61. The minimum absolute atomic E-state index is 0.0391. The van der Waals surface area contributed by atoms with Gasteiger partial charge < -0.3 is 10.1 Å². The minimum atomic E-state index is -4.00. The Balaban J connectivity index is 1.48. The summed E-state index contributed by atoms with van der Waals surface area (Å²) in [5, 5.41) is 2.78. The van der Waals surface area contributed by atoms with Crippen LogP contribution in [0.15, 0.2) is 76.5 Å². The molecule has 0 aromatic heterocycles. The van der Waals surface area contributed by atoms with E-state index in [-0.39, 0.29) is 29.4 Å². The van der Waals surface area contributed by atoms with Gasteiger partial charge in [-0.05, 0) is 55.2 Å². The third-order valence-electron chi connectivity index (χ3n) is 6.75. The number of carbonyl (C=O) groups excluding carboxylic acids is 1. The Kier molecular flexibility index (Phi) is 9.42. The highest BCUT2D eigenvalue weighted by molar-refractivity contribution is 7.89. The first kappa shape index (κ1) is 29.9. The summed E-state index contributed by atoms with van der Waals surface area (Å²) in [6.07, 6.45) is 0. The van der Waals surface area contributed by atoms with Crippen molar-refractivity contribution in [3.63, 3.8) is 0 Å². The molecule has 9 nitrogen and oxygen atoms in total. The Bertz CT molecular complexity index is 1530. The highest BCUT2D eigenvalue weighted by atomic mass is 32.2. The monoisotopic (exact) mass is 585 g/mol. The van der Waals surface area contributed by atoms with E-state index in [9.17, 15) is 21.6 Å². The van der Waals surface area contributed by atoms with E-state index >= 15 is 0 Å². The zero-order valence-corrected chi connectivity index (χ0v) is 24.6. The highest BCUT2D eigenvalue weighted by Gasteiger charge is 2.30. The molecule has 0 aliphatic carbocycles. The Morgan fingerprint density at radius 1 is 0.875 bits per heavy atom. The van der Waals surface area contributed by atoms with Gasteiger partial charge in [0.25, 0.3) is 0 Å². The van der Waals surface area contributed by atoms with Crippen molar-refractivity contribution in [3.8, 4) is 0 Å². The van der Waals surface area contributed by atoms with Crippen LogP contribution in [-0.2, 0) is 42.7 Å². The lowest BCUT2D eigenvalue weighted by Gasteiger charge is -2.26. The molecule has 0 radical (unpaired) electrons. The van der Waals surface area contributed by atoms with Crippen LogP contribution in [0.4, 0.5) is 0 Å². The third kappa shape index (κ3) is 6.97. The molecule has 11 heteroatoms. The number of benzene rings is 3. The summed E-state index contributed by atoms with van der Waals surface area (Å²) in [5.41, 5.74) is 3.67. The maximum Gasteiger partial charge on any atom is 0.244 e. The van der Waals surface area contributed by atoms with Gasteiger partial charge in [0.15, 0.2) is 0 Å². The van der Waals surface area contributed by atoms with E-state index in [2.05, 4.69) is 5.32 Å². The molecular weight excluding hydrogens is 550 g/mol. The van der Waals surface area contributed by atoms with Gasteiger partial charge in [-0.15, -0.1) is 0 Å². The number of nitrogens with one attached hydrogen (secondary N) is 1. The fourth-order valence-corrected chi connectivity index (χ4v) is 8.05. The molecule has 1 amide bonds. The van der Waals surface area contributed by atoms with Crippen molar-refractivity contribution in [1.29, 1.82) is 0 Å². The van der Waals surface area contributed by atoms with E-state index in [0.29, 0.717) is 43.0 Å². The fraction of sp³-hybridized carbons (Fsp3) is 0.345. The predicted molar refractivity (Wildman–Crippen MR) is 153 cm³/mol. The molecule has 1 fully saturated rings. The van der Waals surface area contributed by atoms with E-state index in [1.165, 1.54) is 20.7 Å². The predicted octanol–water partition coefficient (Wildman–Crippen LogP) is 3.14. The maximum absolute atomic E-state index is 13.8. The largest absolute Gasteiger partial charge is 0.379 e. The Morgan fingerprint density at radius 2 is 1.48 bits per heavy atom. The number of carbonyl (C=O) groups is 1. The van der Waals surface area contributed by atoms with Crippen molar-refractivity contribution < 1.29 is 26.4 Å². The van der Waals surface area contributed by atoms with Crippen LogP contribution in [0, 0.1) is 20.8 Å². The molecule has 0 unspecified atom stereocenters. The molecule has 1 saturated heterocycles. The molecule has 0 bridgehead atoms. The Hall–Kier alpha value is -3.09. The Morgan fingerprint density at radius 3 is 2.08 bits per heavy atom. The number of morpholine rings is 1. The van der Waals surface area contributed by atoms with Gasteiger partial charge >= 0.3 is 0 Å². The van der Waals surface area contributed by atoms with Crippen molar-refractivity contribution >= 4 is 26.0 Å². The summed E-state index contributed by atoms with van der Waals surface area (Å²) < 4.78 is 61.2. The van der Waals surface area contributed by atoms with Gasteiger partial charge in [0.05, 0.1) is 29.5 Å². The average molecular weight is 586 g/mol. The lowest BCUT2D eigenvalue weighted by molar-refractivity contribution is -0.121. The number of hydrogen-bond acceptors (Lipinski definition) is 6. The first-order valence-corrected chi connectivity index (χ1v) is 15.9. The lowest BCUT2D eigenvalue weighted by atomic mass is 10.1. The van der Waals surface area contributed by atoms with E-state index in [1.54, 1.807) is 26.0 Å². The van der Waals surface area contributed by atoms with Crippen LogP contribution in [0.2, 0.25) is 0 Å². The number of sulfonamides is 2. The second-order valence-corrected chi connectivity index (χ2v) is 13.7. The highest BCUT2D eigenvalue weighted by Crippen LogP contribution is 2.26. The van der Waals surface area contributed by atoms with Crippen LogP contribution in [0.3, 0.4) is 0 Å². The minimum Gasteiger partial charge on any atom is -0.379 e. The Labute approximate surface area is 236 Å². The second-order valence-electron chi connectivity index (χ2n) is 9.92. The average Bonchev–Trinajstić information content (AvgIpc) is 2.92. The van der Waals surface area contributed by atoms with Crippen molar-refractivity contribution in [2.24, 2.45) is 0 Å².